The van der Waals surface area contributed by atoms with Gasteiger partial charge >= 0.3 is 7.69 Å². The first-order valence-electron chi connectivity index (χ1n) is 8.14. The first kappa shape index (κ1) is 20.5. The van der Waals surface area contributed by atoms with E-state index in [0.717, 1.165) is 11.1 Å². The molecule has 0 heterocycles. The standard InChI is InChI=1S/C19H23BO7/c1-22-15-8-7-13(9-16(15)26-12-27-20-21)5-6-14-10-17(23-2)19(25-4)18(11-14)24-3/h5-11,20-21H,12H2,1-4H3/b6-5-. The number of ether oxygens (including phenoxy) is 5. The van der Waals surface area contributed by atoms with Gasteiger partial charge in [-0.15, -0.1) is 0 Å². The fourth-order valence-corrected chi connectivity index (χ4v) is 2.44. The van der Waals surface area contributed by atoms with Crippen molar-refractivity contribution in [3.8, 4) is 28.7 Å². The molecule has 2 aromatic carbocycles. The normalized spacial score (nSPS) is 10.6. The molecular weight excluding hydrogens is 351 g/mol. The molecule has 0 aliphatic heterocycles. The quantitative estimate of drug-likeness (QED) is 0.296. The van der Waals surface area contributed by atoms with Crippen molar-refractivity contribution in [2.45, 2.75) is 0 Å². The van der Waals surface area contributed by atoms with Gasteiger partial charge in [0.25, 0.3) is 0 Å². The van der Waals surface area contributed by atoms with Gasteiger partial charge in [-0.1, -0.05) is 18.2 Å². The third-order valence-electron chi connectivity index (χ3n) is 3.73. The summed E-state index contributed by atoms with van der Waals surface area (Å²) in [5, 5.41) is 8.68. The Kier molecular flexibility index (Phi) is 7.85. The summed E-state index contributed by atoms with van der Waals surface area (Å²) in [6, 6.07) is 9.21. The Hall–Kier alpha value is -2.84. The maximum absolute atomic E-state index is 8.68. The van der Waals surface area contributed by atoms with E-state index in [1.807, 2.05) is 36.4 Å². The summed E-state index contributed by atoms with van der Waals surface area (Å²) in [4.78, 5) is 0. The average molecular weight is 374 g/mol. The van der Waals surface area contributed by atoms with E-state index >= 15 is 0 Å². The second-order valence-corrected chi connectivity index (χ2v) is 5.30. The summed E-state index contributed by atoms with van der Waals surface area (Å²) in [7, 11) is 5.86. The maximum Gasteiger partial charge on any atom is 0.437 e. The van der Waals surface area contributed by atoms with Crippen molar-refractivity contribution in [3.05, 3.63) is 41.5 Å². The molecule has 2 rings (SSSR count). The summed E-state index contributed by atoms with van der Waals surface area (Å²) in [6.45, 7) is -0.0765. The van der Waals surface area contributed by atoms with E-state index in [1.54, 1.807) is 34.5 Å². The molecule has 0 radical (unpaired) electrons. The third kappa shape index (κ3) is 5.32. The van der Waals surface area contributed by atoms with Crippen LogP contribution in [0.15, 0.2) is 30.3 Å². The molecule has 0 aromatic heterocycles. The highest BCUT2D eigenvalue weighted by Crippen LogP contribution is 2.38. The lowest BCUT2D eigenvalue weighted by Crippen LogP contribution is -2.06. The van der Waals surface area contributed by atoms with Crippen molar-refractivity contribution in [3.63, 3.8) is 0 Å². The van der Waals surface area contributed by atoms with E-state index in [0.29, 0.717) is 28.7 Å². The summed E-state index contributed by atoms with van der Waals surface area (Å²) in [6.07, 6.45) is 3.83. The van der Waals surface area contributed by atoms with Crippen LogP contribution in [0.4, 0.5) is 0 Å². The maximum atomic E-state index is 8.68. The van der Waals surface area contributed by atoms with Crippen LogP contribution >= 0.6 is 0 Å². The Labute approximate surface area is 159 Å². The minimum absolute atomic E-state index is 0.0765. The number of benzene rings is 2. The molecular formula is C19H23BO7. The van der Waals surface area contributed by atoms with Crippen molar-refractivity contribution in [1.29, 1.82) is 0 Å². The van der Waals surface area contributed by atoms with Crippen LogP contribution in [0.5, 0.6) is 28.7 Å². The molecule has 8 heteroatoms. The molecule has 0 amide bonds. The number of methoxy groups -OCH3 is 4. The SMILES string of the molecule is COc1ccc(/C=C\c2cc(OC)c(OC)c(OC)c2)cc1OCOBO. The van der Waals surface area contributed by atoms with Crippen molar-refractivity contribution in [1.82, 2.24) is 0 Å². The molecule has 144 valence electrons. The number of hydrogen-bond donors (Lipinski definition) is 1. The van der Waals surface area contributed by atoms with Crippen molar-refractivity contribution < 1.29 is 33.4 Å². The van der Waals surface area contributed by atoms with Gasteiger partial charge in [-0.05, 0) is 35.4 Å². The lowest BCUT2D eigenvalue weighted by Gasteiger charge is -2.13. The van der Waals surface area contributed by atoms with Crippen molar-refractivity contribution in [2.75, 3.05) is 35.2 Å². The first-order valence-corrected chi connectivity index (χ1v) is 8.14. The molecule has 0 saturated heterocycles. The monoisotopic (exact) mass is 374 g/mol. The van der Waals surface area contributed by atoms with E-state index in [9.17, 15) is 0 Å². The van der Waals surface area contributed by atoms with Gasteiger partial charge in [-0.25, -0.2) is 0 Å². The van der Waals surface area contributed by atoms with Crippen LogP contribution in [0.1, 0.15) is 11.1 Å². The Morgan fingerprint density at radius 1 is 0.778 bits per heavy atom. The van der Waals surface area contributed by atoms with Gasteiger partial charge in [0.2, 0.25) is 5.75 Å². The zero-order chi connectivity index (χ0) is 19.6. The summed E-state index contributed by atoms with van der Waals surface area (Å²) >= 11 is 0. The Balaban J connectivity index is 2.28. The van der Waals surface area contributed by atoms with Crippen LogP contribution < -0.4 is 23.7 Å². The summed E-state index contributed by atoms with van der Waals surface area (Å²) in [5.74, 6) is 2.79. The third-order valence-corrected chi connectivity index (χ3v) is 3.73. The van der Waals surface area contributed by atoms with Crippen molar-refractivity contribution in [2.24, 2.45) is 0 Å². The molecule has 0 bridgehead atoms. The average Bonchev–Trinajstić information content (AvgIpc) is 2.71. The predicted octanol–water partition coefficient (Wildman–Crippen LogP) is 2.50. The number of hydrogen-bond acceptors (Lipinski definition) is 7. The largest absolute Gasteiger partial charge is 0.493 e. The van der Waals surface area contributed by atoms with Crippen LogP contribution in [-0.4, -0.2) is 47.9 Å². The van der Waals surface area contributed by atoms with Crippen LogP contribution in [-0.2, 0) is 4.65 Å². The first-order chi connectivity index (χ1) is 13.2. The van der Waals surface area contributed by atoms with E-state index < -0.39 is 7.69 Å². The molecule has 0 atom stereocenters. The zero-order valence-corrected chi connectivity index (χ0v) is 15.9. The summed E-state index contributed by atoms with van der Waals surface area (Å²) in [5.41, 5.74) is 1.77. The minimum atomic E-state index is -0.414. The van der Waals surface area contributed by atoms with Gasteiger partial charge in [-0.3, -0.25) is 0 Å². The smallest absolute Gasteiger partial charge is 0.437 e. The van der Waals surface area contributed by atoms with E-state index in [4.69, 9.17) is 33.4 Å². The Bertz CT molecular complexity index is 752. The van der Waals surface area contributed by atoms with E-state index in [-0.39, 0.29) is 6.79 Å². The van der Waals surface area contributed by atoms with Gasteiger partial charge < -0.3 is 33.4 Å². The van der Waals surface area contributed by atoms with Gasteiger partial charge in [0.05, 0.1) is 28.4 Å². The highest BCUT2D eigenvalue weighted by molar-refractivity contribution is 6.15. The topological polar surface area (TPSA) is 75.6 Å². The fraction of sp³-hybridized carbons (Fsp3) is 0.263. The molecule has 0 fully saturated rings. The lowest BCUT2D eigenvalue weighted by atomic mass is 10.1. The highest BCUT2D eigenvalue weighted by atomic mass is 16.7. The fourth-order valence-electron chi connectivity index (χ4n) is 2.44. The van der Waals surface area contributed by atoms with E-state index in [1.165, 1.54) is 0 Å². The highest BCUT2D eigenvalue weighted by Gasteiger charge is 2.12. The van der Waals surface area contributed by atoms with Gasteiger partial charge in [-0.2, -0.15) is 0 Å². The molecule has 2 aromatic rings. The molecule has 0 aliphatic carbocycles. The molecule has 27 heavy (non-hydrogen) atoms. The van der Waals surface area contributed by atoms with Gasteiger partial charge in [0.1, 0.15) is 0 Å². The molecule has 0 spiro atoms. The van der Waals surface area contributed by atoms with E-state index in [2.05, 4.69) is 0 Å². The zero-order valence-electron chi connectivity index (χ0n) is 15.9. The summed E-state index contributed by atoms with van der Waals surface area (Å²) < 4.78 is 31.6. The molecule has 1 N–H and O–H groups in total. The van der Waals surface area contributed by atoms with Crippen LogP contribution in [0.3, 0.4) is 0 Å². The van der Waals surface area contributed by atoms with Crippen LogP contribution in [0.25, 0.3) is 12.2 Å². The Morgan fingerprint density at radius 3 is 1.93 bits per heavy atom. The molecule has 0 saturated carbocycles. The molecule has 7 nitrogen and oxygen atoms in total. The van der Waals surface area contributed by atoms with Crippen LogP contribution in [0.2, 0.25) is 0 Å². The number of rotatable bonds is 10. The molecule has 0 aliphatic rings. The van der Waals surface area contributed by atoms with Gasteiger partial charge in [0.15, 0.2) is 29.8 Å². The Morgan fingerprint density at radius 2 is 1.37 bits per heavy atom. The molecule has 0 unspecified atom stereocenters. The second kappa shape index (κ2) is 10.3. The lowest BCUT2D eigenvalue weighted by molar-refractivity contribution is 0.106. The van der Waals surface area contributed by atoms with Crippen LogP contribution in [0, 0.1) is 0 Å². The van der Waals surface area contributed by atoms with Crippen molar-refractivity contribution >= 4 is 19.8 Å². The predicted molar refractivity (Wildman–Crippen MR) is 104 cm³/mol. The van der Waals surface area contributed by atoms with Gasteiger partial charge in [0, 0.05) is 0 Å². The second-order valence-electron chi connectivity index (χ2n) is 5.30. The minimum Gasteiger partial charge on any atom is -0.493 e.